The Morgan fingerprint density at radius 3 is 2.40 bits per heavy atom. The van der Waals surface area contributed by atoms with E-state index >= 15 is 0 Å². The molecule has 0 aliphatic heterocycles. The van der Waals surface area contributed by atoms with Gasteiger partial charge in [-0.1, -0.05) is 42.5 Å². The smallest absolute Gasteiger partial charge is 0.229 e. The van der Waals surface area contributed by atoms with Crippen molar-refractivity contribution in [1.82, 2.24) is 5.32 Å². The van der Waals surface area contributed by atoms with Crippen LogP contribution in [0.15, 0.2) is 54.6 Å². The molecule has 2 aromatic carbocycles. The zero-order valence-corrected chi connectivity index (χ0v) is 15.1. The summed E-state index contributed by atoms with van der Waals surface area (Å²) < 4.78 is 18.3. The molecule has 1 aliphatic carbocycles. The van der Waals surface area contributed by atoms with Crippen molar-refractivity contribution in [3.8, 4) is 5.75 Å². The van der Waals surface area contributed by atoms with E-state index in [4.69, 9.17) is 27.9 Å². The maximum absolute atomic E-state index is 13.8. The van der Waals surface area contributed by atoms with Gasteiger partial charge in [-0.2, -0.15) is 0 Å². The van der Waals surface area contributed by atoms with Crippen LogP contribution in [-0.2, 0) is 4.79 Å². The molecule has 2 unspecified atom stereocenters. The van der Waals surface area contributed by atoms with Crippen molar-refractivity contribution >= 4 is 29.1 Å². The molecule has 132 valence electrons. The van der Waals surface area contributed by atoms with E-state index in [2.05, 4.69) is 5.32 Å². The number of halogens is 3. The zero-order chi connectivity index (χ0) is 18.1. The highest BCUT2D eigenvalue weighted by molar-refractivity contribution is 6.53. The fraction of sp³-hybridized carbons (Fsp3) is 0.316. The van der Waals surface area contributed by atoms with E-state index in [9.17, 15) is 9.18 Å². The maximum atomic E-state index is 13.8. The molecule has 1 saturated carbocycles. The fourth-order valence-corrected chi connectivity index (χ4v) is 3.31. The average Bonchev–Trinajstić information content (AvgIpc) is 3.13. The molecule has 1 aliphatic rings. The lowest BCUT2D eigenvalue weighted by atomic mass is 10.0. The molecule has 0 bridgehead atoms. The van der Waals surface area contributed by atoms with Crippen LogP contribution in [-0.4, -0.2) is 16.8 Å². The Morgan fingerprint density at radius 2 is 1.80 bits per heavy atom. The molecule has 3 rings (SSSR count). The van der Waals surface area contributed by atoms with Crippen LogP contribution >= 0.6 is 23.2 Å². The van der Waals surface area contributed by atoms with Crippen molar-refractivity contribution in [2.24, 2.45) is 5.41 Å². The van der Waals surface area contributed by atoms with E-state index in [0.29, 0.717) is 6.42 Å². The van der Waals surface area contributed by atoms with Crippen LogP contribution in [0.25, 0.3) is 0 Å². The summed E-state index contributed by atoms with van der Waals surface area (Å²) in [6.45, 7) is 1.81. The van der Waals surface area contributed by atoms with Gasteiger partial charge in [0.1, 0.15) is 10.9 Å². The molecule has 3 nitrogen and oxygen atoms in total. The minimum atomic E-state index is -1.05. The Hall–Kier alpha value is -1.78. The minimum absolute atomic E-state index is 0.0876. The number of amides is 1. The van der Waals surface area contributed by atoms with E-state index in [1.807, 2.05) is 30.3 Å². The minimum Gasteiger partial charge on any atom is -0.488 e. The number of carbonyl (C=O) groups excluding carboxylic acids is 1. The Morgan fingerprint density at radius 1 is 1.20 bits per heavy atom. The standard InChI is InChI=1S/C19H18Cl2FNO2/c1-18(12-19(18,20)21)17(24)23-15(13-7-3-2-4-8-13)11-25-16-10-6-5-9-14(16)22/h2-10,15H,11-12H2,1H3,(H,23,24). The van der Waals surface area contributed by atoms with Crippen molar-refractivity contribution in [1.29, 1.82) is 0 Å². The molecule has 1 amide bonds. The normalized spacial score (nSPS) is 22.1. The Labute approximate surface area is 156 Å². The van der Waals surface area contributed by atoms with Gasteiger partial charge in [-0.25, -0.2) is 4.39 Å². The number of para-hydroxylation sites is 1. The summed E-state index contributed by atoms with van der Waals surface area (Å²) in [5.41, 5.74) is 0.0207. The zero-order valence-electron chi connectivity index (χ0n) is 13.6. The van der Waals surface area contributed by atoms with Crippen LogP contribution < -0.4 is 10.1 Å². The monoisotopic (exact) mass is 381 g/mol. The van der Waals surface area contributed by atoms with E-state index in [1.54, 1.807) is 25.1 Å². The Balaban J connectivity index is 1.75. The molecule has 1 fully saturated rings. The van der Waals surface area contributed by atoms with Gasteiger partial charge in [0.15, 0.2) is 11.6 Å². The number of rotatable bonds is 6. The molecule has 1 N–H and O–H groups in total. The lowest BCUT2D eigenvalue weighted by Crippen LogP contribution is -2.38. The molecule has 2 aromatic rings. The molecule has 25 heavy (non-hydrogen) atoms. The van der Waals surface area contributed by atoms with Crippen molar-refractivity contribution in [2.45, 2.75) is 23.7 Å². The van der Waals surface area contributed by atoms with Gasteiger partial charge >= 0.3 is 0 Å². The number of nitrogens with one attached hydrogen (secondary N) is 1. The van der Waals surface area contributed by atoms with Gasteiger partial charge in [-0.3, -0.25) is 4.79 Å². The lowest BCUT2D eigenvalue weighted by molar-refractivity contribution is -0.126. The van der Waals surface area contributed by atoms with Gasteiger partial charge in [0.25, 0.3) is 0 Å². The molecular formula is C19H18Cl2FNO2. The highest BCUT2D eigenvalue weighted by atomic mass is 35.5. The van der Waals surface area contributed by atoms with E-state index in [-0.39, 0.29) is 18.3 Å². The maximum Gasteiger partial charge on any atom is 0.229 e. The first-order valence-electron chi connectivity index (χ1n) is 7.94. The number of alkyl halides is 2. The van der Waals surface area contributed by atoms with E-state index < -0.39 is 21.6 Å². The van der Waals surface area contributed by atoms with Crippen molar-refractivity contribution in [3.63, 3.8) is 0 Å². The summed E-state index contributed by atoms with van der Waals surface area (Å²) in [6, 6.07) is 15.1. The second-order valence-corrected chi connectivity index (χ2v) is 7.88. The summed E-state index contributed by atoms with van der Waals surface area (Å²) in [5, 5.41) is 2.93. The largest absolute Gasteiger partial charge is 0.488 e. The predicted molar refractivity (Wildman–Crippen MR) is 96.4 cm³/mol. The van der Waals surface area contributed by atoms with E-state index in [1.165, 1.54) is 6.07 Å². The topological polar surface area (TPSA) is 38.3 Å². The van der Waals surface area contributed by atoms with Gasteiger partial charge in [-0.05, 0) is 31.0 Å². The first-order chi connectivity index (χ1) is 11.8. The molecule has 6 heteroatoms. The number of ether oxygens (including phenoxy) is 1. The second-order valence-electron chi connectivity index (χ2n) is 6.39. The molecule has 0 radical (unpaired) electrons. The lowest BCUT2D eigenvalue weighted by Gasteiger charge is -2.22. The second kappa shape index (κ2) is 6.85. The number of hydrogen-bond donors (Lipinski definition) is 1. The average molecular weight is 382 g/mol. The van der Waals surface area contributed by atoms with Gasteiger partial charge in [0.05, 0.1) is 11.5 Å². The molecule has 0 aromatic heterocycles. The van der Waals surface area contributed by atoms with Crippen LogP contribution in [0, 0.1) is 11.2 Å². The SMILES string of the molecule is CC1(C(=O)NC(COc2ccccc2F)c2ccccc2)CC1(Cl)Cl. The highest BCUT2D eigenvalue weighted by Gasteiger charge is 2.68. The molecule has 2 atom stereocenters. The quantitative estimate of drug-likeness (QED) is 0.739. The number of hydrogen-bond acceptors (Lipinski definition) is 2. The summed E-state index contributed by atoms with van der Waals surface area (Å²) >= 11 is 12.2. The first-order valence-corrected chi connectivity index (χ1v) is 8.70. The third-order valence-electron chi connectivity index (χ3n) is 4.51. The van der Waals surface area contributed by atoms with Crippen LogP contribution in [0.2, 0.25) is 0 Å². The summed E-state index contributed by atoms with van der Waals surface area (Å²) in [5.74, 6) is -0.557. The molecular weight excluding hydrogens is 364 g/mol. The Kier molecular flexibility index (Phi) is 4.94. The predicted octanol–water partition coefficient (Wildman–Crippen LogP) is 4.65. The third kappa shape index (κ3) is 3.75. The van der Waals surface area contributed by atoms with Crippen LogP contribution in [0.1, 0.15) is 24.9 Å². The van der Waals surface area contributed by atoms with E-state index in [0.717, 1.165) is 5.56 Å². The summed E-state index contributed by atoms with van der Waals surface area (Å²) in [4.78, 5) is 12.6. The van der Waals surface area contributed by atoms with Gasteiger partial charge in [-0.15, -0.1) is 23.2 Å². The van der Waals surface area contributed by atoms with Crippen molar-refractivity contribution < 1.29 is 13.9 Å². The van der Waals surface area contributed by atoms with Crippen LogP contribution in [0.5, 0.6) is 5.75 Å². The fourth-order valence-electron chi connectivity index (χ4n) is 2.61. The van der Waals surface area contributed by atoms with Gasteiger partial charge < -0.3 is 10.1 Å². The van der Waals surface area contributed by atoms with Gasteiger partial charge in [0, 0.05) is 0 Å². The van der Waals surface area contributed by atoms with Crippen LogP contribution in [0.3, 0.4) is 0 Å². The first kappa shape index (κ1) is 18.0. The molecule has 0 spiro atoms. The third-order valence-corrected chi connectivity index (χ3v) is 5.61. The van der Waals surface area contributed by atoms with Crippen molar-refractivity contribution in [2.75, 3.05) is 6.61 Å². The summed E-state index contributed by atoms with van der Waals surface area (Å²) in [7, 11) is 0. The molecule has 0 heterocycles. The molecule has 0 saturated heterocycles. The number of carbonyl (C=O) groups is 1. The highest BCUT2D eigenvalue weighted by Crippen LogP contribution is 2.63. The Bertz CT molecular complexity index is 769. The van der Waals surface area contributed by atoms with Crippen LogP contribution in [0.4, 0.5) is 4.39 Å². The van der Waals surface area contributed by atoms with Gasteiger partial charge in [0.2, 0.25) is 5.91 Å². The summed E-state index contributed by atoms with van der Waals surface area (Å²) in [6.07, 6.45) is 0.393. The van der Waals surface area contributed by atoms with Crippen molar-refractivity contribution in [3.05, 3.63) is 66.0 Å². The number of benzene rings is 2.